The molecule has 2 nitrogen and oxygen atoms in total. The fourth-order valence-corrected chi connectivity index (χ4v) is 6.78. The monoisotopic (exact) mass is 364 g/mol. The molecular formula is C23H28O2Si. The molecule has 0 amide bonds. The number of esters is 1. The molecule has 2 aromatic rings. The number of carbonyl (C=O) groups excluding carboxylic acids is 1. The van der Waals surface area contributed by atoms with Crippen molar-refractivity contribution >= 4 is 25.3 Å². The van der Waals surface area contributed by atoms with Crippen molar-refractivity contribution in [1.29, 1.82) is 0 Å². The lowest BCUT2D eigenvalue weighted by Crippen LogP contribution is -2.49. The van der Waals surface area contributed by atoms with E-state index in [4.69, 9.17) is 4.74 Å². The summed E-state index contributed by atoms with van der Waals surface area (Å²) >= 11 is 0. The highest BCUT2D eigenvalue weighted by atomic mass is 28.3. The second-order valence-electron chi connectivity index (χ2n) is 7.03. The Bertz CT molecular complexity index is 735. The summed E-state index contributed by atoms with van der Waals surface area (Å²) in [6.45, 7) is 8.65. The Morgan fingerprint density at radius 3 is 2.19 bits per heavy atom. The largest absolute Gasteiger partial charge is 0.469 e. The zero-order valence-electron chi connectivity index (χ0n) is 15.9. The van der Waals surface area contributed by atoms with Crippen molar-refractivity contribution in [2.75, 3.05) is 7.11 Å². The molecule has 0 spiro atoms. The lowest BCUT2D eigenvalue weighted by atomic mass is 10.00. The van der Waals surface area contributed by atoms with Crippen LogP contribution >= 0.6 is 0 Å². The average molecular weight is 365 g/mol. The number of carbonyl (C=O) groups is 1. The minimum Gasteiger partial charge on any atom is -0.469 e. The van der Waals surface area contributed by atoms with E-state index < -0.39 is 8.07 Å². The van der Waals surface area contributed by atoms with Crippen LogP contribution in [0.4, 0.5) is 0 Å². The topological polar surface area (TPSA) is 26.3 Å². The van der Waals surface area contributed by atoms with E-state index in [9.17, 15) is 4.79 Å². The maximum atomic E-state index is 12.6. The number of methoxy groups -OCH3 is 1. The summed E-state index contributed by atoms with van der Waals surface area (Å²) in [5.74, 6) is -0.386. The smallest absolute Gasteiger partial charge is 0.309 e. The number of benzene rings is 2. The van der Waals surface area contributed by atoms with E-state index in [0.29, 0.717) is 6.42 Å². The van der Waals surface area contributed by atoms with Gasteiger partial charge in [0.05, 0.1) is 21.1 Å². The molecular weight excluding hydrogens is 336 g/mol. The molecule has 0 fully saturated rings. The lowest BCUT2D eigenvalue weighted by Gasteiger charge is -2.35. The van der Waals surface area contributed by atoms with Crippen LogP contribution in [0.15, 0.2) is 79.4 Å². The molecule has 2 aromatic carbocycles. The second kappa shape index (κ2) is 9.34. The van der Waals surface area contributed by atoms with E-state index in [1.807, 2.05) is 30.3 Å². The summed E-state index contributed by atoms with van der Waals surface area (Å²) < 4.78 is 5.13. The number of hydrogen-bond donors (Lipinski definition) is 0. The standard InChI is InChI=1S/C23H28O2Si/c1-5-22(26(3,4)20-16-10-7-11-17-20)21(23(24)25-2)18-12-15-19-13-8-6-9-14-19/h5-17,21-22H,1,18H2,2-4H3/b15-12+/t21-,22-/m1/s1. The maximum absolute atomic E-state index is 12.6. The normalized spacial score (nSPS) is 14.0. The molecule has 26 heavy (non-hydrogen) atoms. The van der Waals surface area contributed by atoms with E-state index in [1.165, 1.54) is 12.3 Å². The van der Waals surface area contributed by atoms with Crippen molar-refractivity contribution < 1.29 is 9.53 Å². The Hall–Kier alpha value is -2.39. The first-order chi connectivity index (χ1) is 12.5. The van der Waals surface area contributed by atoms with Gasteiger partial charge in [-0.3, -0.25) is 4.79 Å². The van der Waals surface area contributed by atoms with Gasteiger partial charge in [0, 0.05) is 0 Å². The number of hydrogen-bond acceptors (Lipinski definition) is 2. The van der Waals surface area contributed by atoms with Gasteiger partial charge in [0.25, 0.3) is 0 Å². The molecule has 0 radical (unpaired) electrons. The third-order valence-corrected chi connectivity index (χ3v) is 9.17. The van der Waals surface area contributed by atoms with E-state index in [2.05, 4.69) is 68.2 Å². The highest BCUT2D eigenvalue weighted by molar-refractivity contribution is 6.91. The van der Waals surface area contributed by atoms with Gasteiger partial charge in [0.1, 0.15) is 0 Å². The van der Waals surface area contributed by atoms with Gasteiger partial charge in [-0.2, -0.15) is 0 Å². The van der Waals surface area contributed by atoms with Crippen LogP contribution in [0.25, 0.3) is 6.08 Å². The minimum absolute atomic E-state index is 0.0952. The van der Waals surface area contributed by atoms with Gasteiger partial charge in [-0.15, -0.1) is 6.58 Å². The fraction of sp³-hybridized carbons (Fsp3) is 0.261. The zero-order chi connectivity index (χ0) is 19.0. The molecule has 0 saturated carbocycles. The van der Waals surface area contributed by atoms with Crippen molar-refractivity contribution in [3.05, 3.63) is 85.0 Å². The summed E-state index contributed by atoms with van der Waals surface area (Å²) in [5, 5.41) is 1.32. The summed E-state index contributed by atoms with van der Waals surface area (Å²) in [5.41, 5.74) is 1.23. The van der Waals surface area contributed by atoms with Crippen molar-refractivity contribution in [1.82, 2.24) is 0 Å². The summed E-state index contributed by atoms with van der Waals surface area (Å²) in [6, 6.07) is 20.6. The molecule has 0 aromatic heterocycles. The Morgan fingerprint density at radius 1 is 1.08 bits per heavy atom. The molecule has 0 saturated heterocycles. The molecule has 3 heteroatoms. The van der Waals surface area contributed by atoms with Crippen molar-refractivity contribution in [3.8, 4) is 0 Å². The first-order valence-corrected chi connectivity index (χ1v) is 12.1. The van der Waals surface area contributed by atoms with Gasteiger partial charge in [-0.1, -0.05) is 97.2 Å². The van der Waals surface area contributed by atoms with Crippen LogP contribution < -0.4 is 5.19 Å². The molecule has 0 unspecified atom stereocenters. The molecule has 0 aliphatic heterocycles. The number of ether oxygens (including phenoxy) is 1. The molecule has 0 bridgehead atoms. The first kappa shape index (κ1) is 19.9. The van der Waals surface area contributed by atoms with Crippen LogP contribution in [0.2, 0.25) is 18.6 Å². The Kier molecular flexibility index (Phi) is 7.16. The highest BCUT2D eigenvalue weighted by Crippen LogP contribution is 2.34. The maximum Gasteiger partial charge on any atom is 0.309 e. The average Bonchev–Trinajstić information content (AvgIpc) is 2.68. The molecule has 136 valence electrons. The molecule has 0 heterocycles. The molecule has 0 aliphatic carbocycles. The van der Waals surface area contributed by atoms with Gasteiger partial charge in [0.15, 0.2) is 0 Å². The number of rotatable bonds is 8. The quantitative estimate of drug-likeness (QED) is 0.372. The predicted molar refractivity (Wildman–Crippen MR) is 113 cm³/mol. The third kappa shape index (κ3) is 4.83. The van der Waals surface area contributed by atoms with E-state index in [0.717, 1.165) is 5.56 Å². The van der Waals surface area contributed by atoms with Crippen LogP contribution in [0.5, 0.6) is 0 Å². The lowest BCUT2D eigenvalue weighted by molar-refractivity contribution is -0.145. The molecule has 2 atom stereocenters. The zero-order valence-corrected chi connectivity index (χ0v) is 16.9. The second-order valence-corrected chi connectivity index (χ2v) is 11.7. The molecule has 0 N–H and O–H groups in total. The predicted octanol–water partition coefficient (Wildman–Crippen LogP) is 5.05. The number of allylic oxidation sites excluding steroid dienone is 2. The fourth-order valence-electron chi connectivity index (χ4n) is 3.48. The van der Waals surface area contributed by atoms with E-state index in [1.54, 1.807) is 0 Å². The molecule has 0 aliphatic rings. The SMILES string of the molecule is C=C[C@H]([C@@H](C/C=C/c1ccccc1)C(=O)OC)[Si](C)(C)c1ccccc1. The van der Waals surface area contributed by atoms with Gasteiger partial charge in [0.2, 0.25) is 0 Å². The summed E-state index contributed by atoms with van der Waals surface area (Å²) in [7, 11) is -0.467. The first-order valence-electron chi connectivity index (χ1n) is 8.98. The van der Waals surface area contributed by atoms with Gasteiger partial charge >= 0.3 is 5.97 Å². The van der Waals surface area contributed by atoms with Gasteiger partial charge < -0.3 is 4.74 Å². The molecule has 2 rings (SSSR count). The van der Waals surface area contributed by atoms with Gasteiger partial charge in [-0.25, -0.2) is 0 Å². The van der Waals surface area contributed by atoms with Crippen molar-refractivity contribution in [3.63, 3.8) is 0 Å². The van der Waals surface area contributed by atoms with Crippen LogP contribution in [0.3, 0.4) is 0 Å². The minimum atomic E-state index is -1.93. The highest BCUT2D eigenvalue weighted by Gasteiger charge is 2.40. The van der Waals surface area contributed by atoms with Gasteiger partial charge in [-0.05, 0) is 17.5 Å². The van der Waals surface area contributed by atoms with Crippen molar-refractivity contribution in [2.24, 2.45) is 5.92 Å². The van der Waals surface area contributed by atoms with E-state index >= 15 is 0 Å². The summed E-state index contributed by atoms with van der Waals surface area (Å²) in [6.07, 6.45) is 6.73. The Morgan fingerprint density at radius 2 is 1.65 bits per heavy atom. The van der Waals surface area contributed by atoms with Crippen molar-refractivity contribution in [2.45, 2.75) is 25.1 Å². The summed E-state index contributed by atoms with van der Waals surface area (Å²) in [4.78, 5) is 12.6. The van der Waals surface area contributed by atoms with E-state index in [-0.39, 0.29) is 17.4 Å². The van der Waals surface area contributed by atoms with Crippen LogP contribution in [0.1, 0.15) is 12.0 Å². The Balaban J connectivity index is 2.27. The third-order valence-electron chi connectivity index (χ3n) is 5.04. The van der Waals surface area contributed by atoms with Crippen LogP contribution in [-0.4, -0.2) is 21.2 Å². The Labute approximate surface area is 158 Å². The van der Waals surface area contributed by atoms with Crippen LogP contribution in [-0.2, 0) is 9.53 Å². The van der Waals surface area contributed by atoms with Crippen LogP contribution in [0, 0.1) is 5.92 Å².